The topological polar surface area (TPSA) is 37.4 Å². The second-order valence-corrected chi connectivity index (χ2v) is 8.22. The Hall–Kier alpha value is -0.390. The molecule has 0 amide bonds. The molecule has 3 atom stereocenters. The molecule has 2 aliphatic rings. The van der Waals surface area contributed by atoms with Crippen molar-refractivity contribution in [2.45, 2.75) is 48.0 Å². The first kappa shape index (κ1) is 12.6. The van der Waals surface area contributed by atoms with Gasteiger partial charge in [0.15, 0.2) is 0 Å². The van der Waals surface area contributed by atoms with Crippen LogP contribution in [0.15, 0.2) is 29.2 Å². The first-order chi connectivity index (χ1) is 8.50. The Kier molecular flexibility index (Phi) is 3.03. The summed E-state index contributed by atoms with van der Waals surface area (Å²) < 4.78 is 27.0. The first-order valence-electron chi connectivity index (χ1n) is 6.24. The minimum absolute atomic E-state index is 0.140. The molecule has 0 N–H and O–H groups in total. The molecule has 18 heavy (non-hydrogen) atoms. The van der Waals surface area contributed by atoms with Crippen molar-refractivity contribution in [2.75, 3.05) is 0 Å². The van der Waals surface area contributed by atoms with Crippen LogP contribution in [-0.2, 0) is 10.0 Å². The Balaban J connectivity index is 1.99. The number of rotatable bonds is 2. The smallest absolute Gasteiger partial charge is 0.207 e. The molecule has 2 aliphatic heterocycles. The van der Waals surface area contributed by atoms with Crippen LogP contribution in [0.4, 0.5) is 0 Å². The Labute approximate surface area is 116 Å². The van der Waals surface area contributed by atoms with E-state index in [2.05, 4.69) is 15.9 Å². The Morgan fingerprint density at radius 1 is 1.22 bits per heavy atom. The number of fused-ring (bicyclic) bond motifs is 2. The van der Waals surface area contributed by atoms with Crippen LogP contribution in [0, 0.1) is 6.92 Å². The molecule has 2 heterocycles. The average Bonchev–Trinajstić information content (AvgIpc) is 2.86. The Bertz CT molecular complexity index is 555. The zero-order valence-electron chi connectivity index (χ0n) is 10.2. The van der Waals surface area contributed by atoms with Crippen LogP contribution >= 0.6 is 15.9 Å². The number of benzene rings is 1. The first-order valence-corrected chi connectivity index (χ1v) is 8.60. The molecule has 0 spiro atoms. The van der Waals surface area contributed by atoms with Crippen molar-refractivity contribution in [2.24, 2.45) is 0 Å². The van der Waals surface area contributed by atoms with Gasteiger partial charge in [0.25, 0.3) is 0 Å². The molecular formula is C13H16BrNO2S. The van der Waals surface area contributed by atoms with Crippen LogP contribution in [0.1, 0.15) is 24.8 Å². The molecule has 3 nitrogen and oxygen atoms in total. The summed E-state index contributed by atoms with van der Waals surface area (Å²) in [5.41, 5.74) is 1.08. The van der Waals surface area contributed by atoms with E-state index in [1.54, 1.807) is 16.4 Å². The number of nitrogens with zero attached hydrogens (tertiary/aromatic N) is 1. The van der Waals surface area contributed by atoms with Crippen LogP contribution in [0.2, 0.25) is 0 Å². The quantitative estimate of drug-likeness (QED) is 0.782. The molecule has 0 unspecified atom stereocenters. The van der Waals surface area contributed by atoms with Gasteiger partial charge in [-0.15, -0.1) is 0 Å². The van der Waals surface area contributed by atoms with Crippen LogP contribution in [0.3, 0.4) is 0 Å². The molecule has 1 aromatic rings. The maximum absolute atomic E-state index is 12.7. The van der Waals surface area contributed by atoms with Gasteiger partial charge in [0.2, 0.25) is 10.0 Å². The summed E-state index contributed by atoms with van der Waals surface area (Å²) in [4.78, 5) is 0.739. The summed E-state index contributed by atoms with van der Waals surface area (Å²) in [5.74, 6) is 0. The largest absolute Gasteiger partial charge is 0.243 e. The molecule has 3 rings (SSSR count). The Morgan fingerprint density at radius 2 is 1.89 bits per heavy atom. The molecule has 0 aliphatic carbocycles. The van der Waals surface area contributed by atoms with E-state index in [4.69, 9.17) is 0 Å². The fourth-order valence-electron chi connectivity index (χ4n) is 3.07. The van der Waals surface area contributed by atoms with Gasteiger partial charge in [0, 0.05) is 16.9 Å². The van der Waals surface area contributed by atoms with Gasteiger partial charge >= 0.3 is 0 Å². The van der Waals surface area contributed by atoms with Gasteiger partial charge < -0.3 is 0 Å². The van der Waals surface area contributed by atoms with Crippen molar-refractivity contribution in [3.63, 3.8) is 0 Å². The molecular weight excluding hydrogens is 314 g/mol. The maximum Gasteiger partial charge on any atom is 0.243 e. The number of aryl methyl sites for hydroxylation is 1. The summed E-state index contributed by atoms with van der Waals surface area (Å²) in [6.45, 7) is 1.96. The third-order valence-electron chi connectivity index (χ3n) is 3.99. The Morgan fingerprint density at radius 3 is 2.39 bits per heavy atom. The molecule has 0 aromatic heterocycles. The lowest BCUT2D eigenvalue weighted by Crippen LogP contribution is -2.36. The van der Waals surface area contributed by atoms with Crippen molar-refractivity contribution >= 4 is 26.0 Å². The van der Waals surface area contributed by atoms with Crippen molar-refractivity contribution in [3.8, 4) is 0 Å². The van der Waals surface area contributed by atoms with E-state index in [1.165, 1.54) is 0 Å². The fraction of sp³-hybridized carbons (Fsp3) is 0.538. The van der Waals surface area contributed by atoms with E-state index in [-0.39, 0.29) is 12.1 Å². The van der Waals surface area contributed by atoms with Crippen LogP contribution in [0.25, 0.3) is 0 Å². The van der Waals surface area contributed by atoms with E-state index in [0.717, 1.165) is 24.8 Å². The number of halogens is 1. The highest BCUT2D eigenvalue weighted by Crippen LogP contribution is 2.44. The highest BCUT2D eigenvalue weighted by molar-refractivity contribution is 9.09. The summed E-state index contributed by atoms with van der Waals surface area (Å²) >= 11 is 3.61. The molecule has 5 heteroatoms. The highest BCUT2D eigenvalue weighted by Gasteiger charge is 2.51. The third kappa shape index (κ3) is 1.84. The van der Waals surface area contributed by atoms with Gasteiger partial charge in [0.05, 0.1) is 4.90 Å². The van der Waals surface area contributed by atoms with Gasteiger partial charge in [-0.05, 0) is 38.3 Å². The van der Waals surface area contributed by atoms with Gasteiger partial charge in [0.1, 0.15) is 0 Å². The summed E-state index contributed by atoms with van der Waals surface area (Å²) in [6, 6.07) is 7.47. The lowest BCUT2D eigenvalue weighted by atomic mass is 10.0. The maximum atomic E-state index is 12.7. The monoisotopic (exact) mass is 329 g/mol. The van der Waals surface area contributed by atoms with Gasteiger partial charge in [-0.25, -0.2) is 8.42 Å². The van der Waals surface area contributed by atoms with Gasteiger partial charge in [-0.3, -0.25) is 0 Å². The molecule has 2 fully saturated rings. The minimum atomic E-state index is -3.32. The summed E-state index contributed by atoms with van der Waals surface area (Å²) in [7, 11) is -3.32. The van der Waals surface area contributed by atoms with Crippen molar-refractivity contribution < 1.29 is 8.42 Å². The number of hydrogen-bond acceptors (Lipinski definition) is 2. The zero-order valence-corrected chi connectivity index (χ0v) is 12.6. The van der Waals surface area contributed by atoms with E-state index in [0.29, 0.717) is 9.72 Å². The second kappa shape index (κ2) is 4.32. The zero-order chi connectivity index (χ0) is 12.9. The predicted molar refractivity (Wildman–Crippen MR) is 74.3 cm³/mol. The molecule has 0 saturated carbocycles. The molecule has 1 aromatic carbocycles. The van der Waals surface area contributed by atoms with E-state index in [1.807, 2.05) is 19.1 Å². The lowest BCUT2D eigenvalue weighted by Gasteiger charge is -2.22. The van der Waals surface area contributed by atoms with Crippen LogP contribution in [0.5, 0.6) is 0 Å². The number of hydrogen-bond donors (Lipinski definition) is 0. The number of alkyl halides is 1. The van der Waals surface area contributed by atoms with E-state index < -0.39 is 10.0 Å². The molecule has 2 bridgehead atoms. The van der Waals surface area contributed by atoms with Gasteiger partial charge in [-0.2, -0.15) is 4.31 Å². The lowest BCUT2D eigenvalue weighted by molar-refractivity contribution is 0.397. The highest BCUT2D eigenvalue weighted by atomic mass is 79.9. The number of sulfonamides is 1. The van der Waals surface area contributed by atoms with Crippen LogP contribution < -0.4 is 0 Å². The standard InChI is InChI=1S/C13H16BrNO2S/c1-9-2-5-11(6-3-9)18(16,17)15-10-4-7-13(15)12(14)8-10/h2-3,5-6,10,12-13H,4,7-8H2,1H3/t10-,12+,13+/m0/s1. The molecule has 98 valence electrons. The summed E-state index contributed by atoms with van der Waals surface area (Å²) in [5, 5.41) is 0. The van der Waals surface area contributed by atoms with E-state index >= 15 is 0 Å². The molecule has 2 saturated heterocycles. The van der Waals surface area contributed by atoms with Crippen LogP contribution in [-0.4, -0.2) is 29.6 Å². The van der Waals surface area contributed by atoms with Crippen molar-refractivity contribution in [1.29, 1.82) is 0 Å². The normalized spacial score (nSPS) is 32.0. The predicted octanol–water partition coefficient (Wildman–Crippen LogP) is 2.68. The molecule has 0 radical (unpaired) electrons. The summed E-state index contributed by atoms with van der Waals surface area (Å²) in [6.07, 6.45) is 2.92. The van der Waals surface area contributed by atoms with Crippen molar-refractivity contribution in [1.82, 2.24) is 4.31 Å². The SMILES string of the molecule is Cc1ccc(S(=O)(=O)N2[C@H]3CC[C@@H]2[C@H](Br)C3)cc1. The van der Waals surface area contributed by atoms with Gasteiger partial charge in [-0.1, -0.05) is 33.6 Å². The average molecular weight is 330 g/mol. The third-order valence-corrected chi connectivity index (χ3v) is 6.97. The van der Waals surface area contributed by atoms with E-state index in [9.17, 15) is 8.42 Å². The van der Waals surface area contributed by atoms with Crippen molar-refractivity contribution in [3.05, 3.63) is 29.8 Å². The second-order valence-electron chi connectivity index (χ2n) is 5.20. The minimum Gasteiger partial charge on any atom is -0.207 e. The fourth-order valence-corrected chi connectivity index (χ4v) is 6.10.